The Morgan fingerprint density at radius 1 is 1.12 bits per heavy atom. The van der Waals surface area contributed by atoms with Crippen LogP contribution in [0.15, 0.2) is 29.2 Å². The lowest BCUT2D eigenvalue weighted by molar-refractivity contribution is 0.1000. The minimum absolute atomic E-state index is 0.212. The van der Waals surface area contributed by atoms with Crippen LogP contribution in [0.1, 0.15) is 23.2 Å². The summed E-state index contributed by atoms with van der Waals surface area (Å²) in [5.74, 6) is -0.560. The highest BCUT2D eigenvalue weighted by Crippen LogP contribution is 2.20. The molecular weight excluding hydrogens is 240 g/mol. The fourth-order valence-corrected chi connectivity index (χ4v) is 3.39. The zero-order valence-corrected chi connectivity index (χ0v) is 10.1. The second-order valence-electron chi connectivity index (χ2n) is 4.00. The fraction of sp³-hybridized carbons (Fsp3) is 0.364. The molecule has 0 saturated carbocycles. The molecule has 0 radical (unpaired) electrons. The number of nitrogens with two attached hydrogens (primary N) is 1. The predicted molar refractivity (Wildman–Crippen MR) is 63.0 cm³/mol. The van der Waals surface area contributed by atoms with Crippen molar-refractivity contribution >= 4 is 15.9 Å². The summed E-state index contributed by atoms with van der Waals surface area (Å²) in [7, 11) is -3.40. The molecule has 1 aromatic carbocycles. The van der Waals surface area contributed by atoms with Gasteiger partial charge in [0.15, 0.2) is 0 Å². The highest BCUT2D eigenvalue weighted by Gasteiger charge is 2.26. The number of carbonyl (C=O) groups excluding carboxylic acids is 1. The van der Waals surface area contributed by atoms with Crippen molar-refractivity contribution in [1.29, 1.82) is 0 Å². The number of hydrogen-bond donors (Lipinski definition) is 1. The SMILES string of the molecule is NC(=O)c1ccc(S(=O)(=O)N2CCCC2)cc1. The third-order valence-corrected chi connectivity index (χ3v) is 4.75. The van der Waals surface area contributed by atoms with Gasteiger partial charge in [-0.1, -0.05) is 0 Å². The normalized spacial score (nSPS) is 17.2. The molecule has 1 fully saturated rings. The third-order valence-electron chi connectivity index (χ3n) is 2.84. The van der Waals surface area contributed by atoms with Gasteiger partial charge in [-0.3, -0.25) is 4.79 Å². The smallest absolute Gasteiger partial charge is 0.248 e. The van der Waals surface area contributed by atoms with E-state index in [1.54, 1.807) is 0 Å². The number of nitrogens with zero attached hydrogens (tertiary/aromatic N) is 1. The van der Waals surface area contributed by atoms with Crippen molar-refractivity contribution in [3.8, 4) is 0 Å². The van der Waals surface area contributed by atoms with Crippen LogP contribution in [-0.4, -0.2) is 31.7 Å². The zero-order valence-electron chi connectivity index (χ0n) is 9.30. The van der Waals surface area contributed by atoms with Crippen molar-refractivity contribution in [3.05, 3.63) is 29.8 Å². The summed E-state index contributed by atoms with van der Waals surface area (Å²) >= 11 is 0. The van der Waals surface area contributed by atoms with Crippen LogP contribution in [-0.2, 0) is 10.0 Å². The van der Waals surface area contributed by atoms with Crippen molar-refractivity contribution in [1.82, 2.24) is 4.31 Å². The lowest BCUT2D eigenvalue weighted by Gasteiger charge is -2.15. The highest BCUT2D eigenvalue weighted by molar-refractivity contribution is 7.89. The number of primary amides is 1. The van der Waals surface area contributed by atoms with Crippen LogP contribution in [0.25, 0.3) is 0 Å². The lowest BCUT2D eigenvalue weighted by Crippen LogP contribution is -2.27. The first-order chi connectivity index (χ1) is 8.01. The van der Waals surface area contributed by atoms with Gasteiger partial charge in [-0.05, 0) is 37.1 Å². The van der Waals surface area contributed by atoms with E-state index in [1.807, 2.05) is 0 Å². The van der Waals surface area contributed by atoms with Crippen LogP contribution in [0.2, 0.25) is 0 Å². The number of amides is 1. The minimum atomic E-state index is -3.40. The number of sulfonamides is 1. The second-order valence-corrected chi connectivity index (χ2v) is 5.94. The van der Waals surface area contributed by atoms with Crippen molar-refractivity contribution in [2.24, 2.45) is 5.73 Å². The van der Waals surface area contributed by atoms with Crippen molar-refractivity contribution in [2.75, 3.05) is 13.1 Å². The molecule has 92 valence electrons. The van der Waals surface area contributed by atoms with Gasteiger partial charge in [0.25, 0.3) is 0 Å². The third kappa shape index (κ3) is 2.32. The standard InChI is InChI=1S/C11H14N2O3S/c12-11(14)9-3-5-10(6-4-9)17(15,16)13-7-1-2-8-13/h3-6H,1-2,7-8H2,(H2,12,14). The topological polar surface area (TPSA) is 80.5 Å². The van der Waals surface area contributed by atoms with Crippen LogP contribution < -0.4 is 5.73 Å². The van der Waals surface area contributed by atoms with Gasteiger partial charge in [-0.25, -0.2) is 8.42 Å². The van der Waals surface area contributed by atoms with E-state index in [0.29, 0.717) is 18.7 Å². The number of carbonyl (C=O) groups is 1. The number of benzene rings is 1. The molecule has 1 aromatic rings. The summed E-state index contributed by atoms with van der Waals surface area (Å²) in [5, 5.41) is 0. The van der Waals surface area contributed by atoms with Crippen molar-refractivity contribution in [3.63, 3.8) is 0 Å². The average molecular weight is 254 g/mol. The lowest BCUT2D eigenvalue weighted by atomic mass is 10.2. The van der Waals surface area contributed by atoms with E-state index in [1.165, 1.54) is 28.6 Å². The Balaban J connectivity index is 2.30. The van der Waals surface area contributed by atoms with E-state index in [2.05, 4.69) is 0 Å². The molecule has 1 amide bonds. The Hall–Kier alpha value is -1.40. The van der Waals surface area contributed by atoms with Gasteiger partial charge in [0.05, 0.1) is 4.90 Å². The van der Waals surface area contributed by atoms with Crippen LogP contribution >= 0.6 is 0 Å². The van der Waals surface area contributed by atoms with Gasteiger partial charge in [-0.2, -0.15) is 4.31 Å². The Labute approximate surface area is 100 Å². The predicted octanol–water partition coefficient (Wildman–Crippen LogP) is 0.570. The summed E-state index contributed by atoms with van der Waals surface area (Å²) in [6, 6.07) is 5.72. The molecule has 0 aromatic heterocycles. The van der Waals surface area contributed by atoms with E-state index >= 15 is 0 Å². The van der Waals surface area contributed by atoms with E-state index < -0.39 is 15.9 Å². The zero-order chi connectivity index (χ0) is 12.5. The van der Waals surface area contributed by atoms with Gasteiger partial charge < -0.3 is 5.73 Å². The van der Waals surface area contributed by atoms with Gasteiger partial charge in [0, 0.05) is 18.7 Å². The molecule has 1 saturated heterocycles. The molecule has 2 rings (SSSR count). The largest absolute Gasteiger partial charge is 0.366 e. The molecule has 2 N–H and O–H groups in total. The Morgan fingerprint density at radius 3 is 2.12 bits per heavy atom. The maximum atomic E-state index is 12.1. The molecule has 5 nitrogen and oxygen atoms in total. The summed E-state index contributed by atoms with van der Waals surface area (Å²) in [6.07, 6.45) is 1.80. The van der Waals surface area contributed by atoms with Crippen LogP contribution in [0.5, 0.6) is 0 Å². The molecule has 0 spiro atoms. The van der Waals surface area contributed by atoms with E-state index in [9.17, 15) is 13.2 Å². The molecule has 0 unspecified atom stereocenters. The van der Waals surface area contributed by atoms with Crippen molar-refractivity contribution < 1.29 is 13.2 Å². The Morgan fingerprint density at radius 2 is 1.65 bits per heavy atom. The highest BCUT2D eigenvalue weighted by atomic mass is 32.2. The quantitative estimate of drug-likeness (QED) is 0.856. The molecule has 0 aliphatic carbocycles. The van der Waals surface area contributed by atoms with Crippen molar-refractivity contribution in [2.45, 2.75) is 17.7 Å². The van der Waals surface area contributed by atoms with Crippen LogP contribution in [0.3, 0.4) is 0 Å². The summed E-state index contributed by atoms with van der Waals surface area (Å²) < 4.78 is 25.7. The van der Waals surface area contributed by atoms with Gasteiger partial charge >= 0.3 is 0 Å². The molecule has 17 heavy (non-hydrogen) atoms. The second kappa shape index (κ2) is 4.46. The van der Waals surface area contributed by atoms with Gasteiger partial charge in [0.1, 0.15) is 0 Å². The Kier molecular flexibility index (Phi) is 3.17. The maximum Gasteiger partial charge on any atom is 0.248 e. The molecular formula is C11H14N2O3S. The van der Waals surface area contributed by atoms with E-state index in [-0.39, 0.29) is 4.90 Å². The number of hydrogen-bond acceptors (Lipinski definition) is 3. The number of rotatable bonds is 3. The first-order valence-corrected chi connectivity index (χ1v) is 6.86. The average Bonchev–Trinajstić information content (AvgIpc) is 2.83. The maximum absolute atomic E-state index is 12.1. The summed E-state index contributed by atoms with van der Waals surface area (Å²) in [4.78, 5) is 11.1. The monoisotopic (exact) mass is 254 g/mol. The first-order valence-electron chi connectivity index (χ1n) is 5.42. The van der Waals surface area contributed by atoms with E-state index in [0.717, 1.165) is 12.8 Å². The summed E-state index contributed by atoms with van der Waals surface area (Å²) in [6.45, 7) is 1.14. The van der Waals surface area contributed by atoms with Crippen LogP contribution in [0, 0.1) is 0 Å². The minimum Gasteiger partial charge on any atom is -0.366 e. The molecule has 1 aliphatic rings. The molecule has 6 heteroatoms. The van der Waals surface area contributed by atoms with Gasteiger partial charge in [0.2, 0.25) is 15.9 Å². The Bertz CT molecular complexity index is 516. The fourth-order valence-electron chi connectivity index (χ4n) is 1.87. The molecule has 0 atom stereocenters. The van der Waals surface area contributed by atoms with Gasteiger partial charge in [-0.15, -0.1) is 0 Å². The molecule has 1 heterocycles. The molecule has 0 bridgehead atoms. The first kappa shape index (κ1) is 12.1. The van der Waals surface area contributed by atoms with E-state index in [4.69, 9.17) is 5.73 Å². The molecule has 1 aliphatic heterocycles. The van der Waals surface area contributed by atoms with Crippen LogP contribution in [0.4, 0.5) is 0 Å². The summed E-state index contributed by atoms with van der Waals surface area (Å²) in [5.41, 5.74) is 5.41.